The second-order valence-corrected chi connectivity index (χ2v) is 8.88. The van der Waals surface area contributed by atoms with Crippen LogP contribution in [0.2, 0.25) is 0 Å². The average molecular weight is 478 g/mol. The van der Waals surface area contributed by atoms with Crippen LogP contribution in [0.3, 0.4) is 0 Å². The highest BCUT2D eigenvalue weighted by Gasteiger charge is 2.20. The van der Waals surface area contributed by atoms with Gasteiger partial charge in [0.25, 0.3) is 5.91 Å². The minimum Gasteiger partial charge on any atom is -0.494 e. The number of fused-ring (bicyclic) bond motifs is 1. The summed E-state index contributed by atoms with van der Waals surface area (Å²) in [5.74, 6) is 0.236. The van der Waals surface area contributed by atoms with Crippen molar-refractivity contribution in [1.82, 2.24) is 5.32 Å². The van der Waals surface area contributed by atoms with Crippen LogP contribution in [0.15, 0.2) is 57.7 Å². The quantitative estimate of drug-likeness (QED) is 0.197. The van der Waals surface area contributed by atoms with Crippen molar-refractivity contribution < 1.29 is 23.5 Å². The Kier molecular flexibility index (Phi) is 8.19. The van der Waals surface area contributed by atoms with E-state index in [0.717, 1.165) is 37.9 Å². The molecule has 0 saturated heterocycles. The number of ether oxygens (including phenoxy) is 2. The number of carbonyl (C=O) groups is 2. The number of aryl methyl sites for hydroxylation is 1. The van der Waals surface area contributed by atoms with Crippen LogP contribution >= 0.6 is 0 Å². The third kappa shape index (κ3) is 6.72. The maximum atomic E-state index is 12.6. The van der Waals surface area contributed by atoms with Crippen LogP contribution < -0.4 is 20.4 Å². The molecule has 7 nitrogen and oxygen atoms in total. The van der Waals surface area contributed by atoms with E-state index in [1.165, 1.54) is 24.1 Å². The Morgan fingerprint density at radius 1 is 1.00 bits per heavy atom. The van der Waals surface area contributed by atoms with Gasteiger partial charge in [-0.15, -0.1) is 0 Å². The Labute approximate surface area is 204 Å². The number of hydrogen-bond acceptors (Lipinski definition) is 6. The van der Waals surface area contributed by atoms with Crippen LogP contribution in [-0.4, -0.2) is 24.5 Å². The fraction of sp³-hybridized carbons (Fsp3) is 0.393. The molecule has 1 heterocycles. The SMILES string of the molecule is CCc1ccc(OCCCC(=O)Oc2ccc3cc(C(=O)NC4CCCCC4)c(=O)oc3c2)cc1. The van der Waals surface area contributed by atoms with Gasteiger partial charge >= 0.3 is 11.6 Å². The van der Waals surface area contributed by atoms with E-state index in [2.05, 4.69) is 12.2 Å². The molecule has 1 aliphatic carbocycles. The van der Waals surface area contributed by atoms with Crippen LogP contribution in [0.4, 0.5) is 0 Å². The minimum absolute atomic E-state index is 0.0165. The van der Waals surface area contributed by atoms with Crippen molar-refractivity contribution in [1.29, 1.82) is 0 Å². The van der Waals surface area contributed by atoms with Crippen LogP contribution in [-0.2, 0) is 11.2 Å². The summed E-state index contributed by atoms with van der Waals surface area (Å²) in [4.78, 5) is 37.2. The van der Waals surface area contributed by atoms with Crippen LogP contribution in [0.5, 0.6) is 11.5 Å². The first-order valence-electron chi connectivity index (χ1n) is 12.3. The summed E-state index contributed by atoms with van der Waals surface area (Å²) in [6.07, 6.45) is 6.87. The average Bonchev–Trinajstić information content (AvgIpc) is 2.87. The lowest BCUT2D eigenvalue weighted by Crippen LogP contribution is -2.38. The van der Waals surface area contributed by atoms with Crippen molar-refractivity contribution in [3.63, 3.8) is 0 Å². The molecule has 3 aromatic rings. The van der Waals surface area contributed by atoms with E-state index in [0.29, 0.717) is 18.4 Å². The molecule has 0 radical (unpaired) electrons. The second-order valence-electron chi connectivity index (χ2n) is 8.88. The lowest BCUT2D eigenvalue weighted by molar-refractivity contribution is -0.134. The predicted molar refractivity (Wildman–Crippen MR) is 133 cm³/mol. The van der Waals surface area contributed by atoms with Gasteiger partial charge in [0.2, 0.25) is 0 Å². The summed E-state index contributed by atoms with van der Waals surface area (Å²) in [6, 6.07) is 14.3. The van der Waals surface area contributed by atoms with Crippen LogP contribution in [0.1, 0.15) is 67.8 Å². The van der Waals surface area contributed by atoms with E-state index in [4.69, 9.17) is 13.9 Å². The summed E-state index contributed by atoms with van der Waals surface area (Å²) < 4.78 is 16.4. The Morgan fingerprint density at radius 2 is 1.74 bits per heavy atom. The molecule has 35 heavy (non-hydrogen) atoms. The molecular formula is C28H31NO6. The molecule has 2 aromatic carbocycles. The topological polar surface area (TPSA) is 94.8 Å². The summed E-state index contributed by atoms with van der Waals surface area (Å²) in [5, 5.41) is 3.52. The van der Waals surface area contributed by atoms with Gasteiger partial charge in [0.1, 0.15) is 22.6 Å². The van der Waals surface area contributed by atoms with E-state index >= 15 is 0 Å². The van der Waals surface area contributed by atoms with Gasteiger partial charge in [-0.1, -0.05) is 38.3 Å². The first kappa shape index (κ1) is 24.5. The Balaban J connectivity index is 1.30. The number of hydrogen-bond donors (Lipinski definition) is 1. The number of esters is 1. The molecule has 1 aliphatic rings. The van der Waals surface area contributed by atoms with Gasteiger partial charge in [-0.2, -0.15) is 0 Å². The van der Waals surface area contributed by atoms with Crippen LogP contribution in [0, 0.1) is 0 Å². The smallest absolute Gasteiger partial charge is 0.349 e. The van der Waals surface area contributed by atoms with E-state index in [9.17, 15) is 14.4 Å². The molecule has 7 heteroatoms. The van der Waals surface area contributed by atoms with Crippen molar-refractivity contribution in [3.05, 3.63) is 70.1 Å². The zero-order chi connectivity index (χ0) is 24.6. The molecule has 1 amide bonds. The van der Waals surface area contributed by atoms with E-state index in [1.807, 2.05) is 24.3 Å². The maximum absolute atomic E-state index is 12.6. The number of carbonyl (C=O) groups excluding carboxylic acids is 2. The Bertz CT molecular complexity index is 1220. The van der Waals surface area contributed by atoms with Crippen molar-refractivity contribution in [2.45, 2.75) is 64.3 Å². The molecule has 4 rings (SSSR count). The van der Waals surface area contributed by atoms with Crippen molar-refractivity contribution >= 4 is 22.8 Å². The fourth-order valence-corrected chi connectivity index (χ4v) is 4.23. The zero-order valence-corrected chi connectivity index (χ0v) is 20.0. The summed E-state index contributed by atoms with van der Waals surface area (Å²) in [5.41, 5.74) is 0.773. The lowest BCUT2D eigenvalue weighted by Gasteiger charge is -2.22. The predicted octanol–water partition coefficient (Wildman–Crippen LogP) is 5.18. The first-order valence-corrected chi connectivity index (χ1v) is 12.3. The molecule has 0 spiro atoms. The molecule has 0 unspecified atom stereocenters. The van der Waals surface area contributed by atoms with Gasteiger partial charge in [-0.25, -0.2) is 4.79 Å². The molecule has 0 bridgehead atoms. The third-order valence-electron chi connectivity index (χ3n) is 6.25. The van der Waals surface area contributed by atoms with Gasteiger partial charge in [0, 0.05) is 23.9 Å². The fourth-order valence-electron chi connectivity index (χ4n) is 4.23. The van der Waals surface area contributed by atoms with Crippen LogP contribution in [0.25, 0.3) is 11.0 Å². The highest BCUT2D eigenvalue weighted by Crippen LogP contribution is 2.22. The zero-order valence-electron chi connectivity index (χ0n) is 20.0. The van der Waals surface area contributed by atoms with Crippen molar-refractivity contribution in [3.8, 4) is 11.5 Å². The number of rotatable bonds is 9. The highest BCUT2D eigenvalue weighted by atomic mass is 16.5. The largest absolute Gasteiger partial charge is 0.494 e. The van der Waals surface area contributed by atoms with E-state index in [-0.39, 0.29) is 29.4 Å². The summed E-state index contributed by atoms with van der Waals surface area (Å²) in [6.45, 7) is 2.50. The number of nitrogens with one attached hydrogen (secondary N) is 1. The second kappa shape index (κ2) is 11.7. The molecular weight excluding hydrogens is 446 g/mol. The summed E-state index contributed by atoms with van der Waals surface area (Å²) >= 11 is 0. The maximum Gasteiger partial charge on any atom is 0.349 e. The Hall–Kier alpha value is -3.61. The third-order valence-corrected chi connectivity index (χ3v) is 6.25. The molecule has 1 fully saturated rings. The molecule has 184 valence electrons. The molecule has 1 aromatic heterocycles. The minimum atomic E-state index is -0.710. The number of amides is 1. The number of benzene rings is 2. The standard InChI is InChI=1S/C28H31NO6/c1-2-19-10-13-22(14-11-19)33-16-6-9-26(30)34-23-15-12-20-17-24(28(32)35-25(20)18-23)27(31)29-21-7-4-3-5-8-21/h10-15,17-18,21H,2-9,16H2,1H3,(H,29,31). The normalized spacial score (nSPS) is 14.0. The molecule has 1 N–H and O–H groups in total. The van der Waals surface area contributed by atoms with Gasteiger partial charge in [0.05, 0.1) is 6.61 Å². The van der Waals surface area contributed by atoms with E-state index < -0.39 is 17.5 Å². The highest BCUT2D eigenvalue weighted by molar-refractivity contribution is 5.97. The van der Waals surface area contributed by atoms with Gasteiger partial charge in [0.15, 0.2) is 0 Å². The van der Waals surface area contributed by atoms with Gasteiger partial charge in [-0.05, 0) is 61.6 Å². The molecule has 0 aliphatic heterocycles. The first-order chi connectivity index (χ1) is 17.0. The monoisotopic (exact) mass is 477 g/mol. The van der Waals surface area contributed by atoms with Gasteiger partial charge in [-0.3, -0.25) is 9.59 Å². The molecule has 1 saturated carbocycles. The van der Waals surface area contributed by atoms with E-state index in [1.54, 1.807) is 12.1 Å². The Morgan fingerprint density at radius 3 is 2.49 bits per heavy atom. The lowest BCUT2D eigenvalue weighted by atomic mass is 9.95. The summed E-state index contributed by atoms with van der Waals surface area (Å²) in [7, 11) is 0. The van der Waals surface area contributed by atoms with Crippen molar-refractivity contribution in [2.24, 2.45) is 0 Å². The van der Waals surface area contributed by atoms with Crippen molar-refractivity contribution in [2.75, 3.05) is 6.61 Å². The van der Waals surface area contributed by atoms with Gasteiger partial charge < -0.3 is 19.2 Å². The molecule has 0 atom stereocenters.